The average Bonchev–Trinajstić information content (AvgIpc) is 3.74. The molecule has 0 atom stereocenters. The summed E-state index contributed by atoms with van der Waals surface area (Å²) in [6.45, 7) is 0. The molecule has 0 saturated carbocycles. The van der Waals surface area contributed by atoms with Gasteiger partial charge in [-0.05, 0) is 112 Å². The van der Waals surface area contributed by atoms with Gasteiger partial charge in [0.05, 0.1) is 5.69 Å². The lowest BCUT2D eigenvalue weighted by Crippen LogP contribution is -2.12. The van der Waals surface area contributed by atoms with Crippen molar-refractivity contribution in [2.45, 2.75) is 0 Å². The first-order valence-electron chi connectivity index (χ1n) is 21.4. The van der Waals surface area contributed by atoms with Crippen LogP contribution in [0, 0.1) is 0 Å². The minimum Gasteiger partial charge on any atom is -0.456 e. The van der Waals surface area contributed by atoms with Crippen LogP contribution in [0.5, 0.6) is 0 Å². The topological polar surface area (TPSA) is 19.6 Å². The van der Waals surface area contributed by atoms with E-state index in [1.165, 1.54) is 33.4 Å². The smallest absolute Gasteiger partial charge is 0.137 e. The van der Waals surface area contributed by atoms with Gasteiger partial charge in [-0.2, -0.15) is 0 Å². The molecular formula is C60H42N2O. The third-order valence-corrected chi connectivity index (χ3v) is 11.9. The highest BCUT2D eigenvalue weighted by molar-refractivity contribution is 6.06. The molecule has 1 aromatic heterocycles. The van der Waals surface area contributed by atoms with E-state index in [0.29, 0.717) is 0 Å². The van der Waals surface area contributed by atoms with Gasteiger partial charge < -0.3 is 14.2 Å². The van der Waals surface area contributed by atoms with Gasteiger partial charge in [0.15, 0.2) is 0 Å². The Morgan fingerprint density at radius 2 is 0.651 bits per heavy atom. The summed E-state index contributed by atoms with van der Waals surface area (Å²) < 4.78 is 6.44. The van der Waals surface area contributed by atoms with Crippen molar-refractivity contribution in [3.05, 3.63) is 255 Å². The Morgan fingerprint density at radius 3 is 1.22 bits per heavy atom. The number of hydrogen-bond acceptors (Lipinski definition) is 3. The summed E-state index contributed by atoms with van der Waals surface area (Å²) in [6.07, 6.45) is 0. The molecule has 10 aromatic carbocycles. The number of anilines is 6. The van der Waals surface area contributed by atoms with Crippen LogP contribution in [0.4, 0.5) is 34.1 Å². The van der Waals surface area contributed by atoms with Crippen molar-refractivity contribution < 1.29 is 4.42 Å². The van der Waals surface area contributed by atoms with Crippen molar-refractivity contribution in [1.82, 2.24) is 0 Å². The fourth-order valence-electron chi connectivity index (χ4n) is 8.75. The Bertz CT molecular complexity index is 3220. The summed E-state index contributed by atoms with van der Waals surface area (Å²) in [5.41, 5.74) is 17.4. The highest BCUT2D eigenvalue weighted by atomic mass is 16.3. The summed E-state index contributed by atoms with van der Waals surface area (Å²) in [7, 11) is 0. The zero-order chi connectivity index (χ0) is 42.0. The Morgan fingerprint density at radius 1 is 0.238 bits per heavy atom. The third kappa shape index (κ3) is 7.43. The van der Waals surface area contributed by atoms with E-state index in [-0.39, 0.29) is 0 Å². The molecule has 11 rings (SSSR count). The Labute approximate surface area is 368 Å². The second-order valence-corrected chi connectivity index (χ2v) is 15.8. The zero-order valence-corrected chi connectivity index (χ0v) is 34.6. The Hall–Kier alpha value is -8.40. The zero-order valence-electron chi connectivity index (χ0n) is 34.6. The lowest BCUT2D eigenvalue weighted by Gasteiger charge is -2.29. The SMILES string of the molecule is c1ccc(-c2ccc(N(c3cccc(-c4ccccc4N(c4ccc(-c5ccccc5)cc4)c4ccc(-c5ccccc5)cc4)c3)c3ccc4c(c3)oc3ccccc34)cc2)cc1. The molecule has 0 fully saturated rings. The maximum Gasteiger partial charge on any atom is 0.137 e. The molecule has 1 heterocycles. The molecule has 3 nitrogen and oxygen atoms in total. The highest BCUT2D eigenvalue weighted by Gasteiger charge is 2.20. The molecule has 63 heavy (non-hydrogen) atoms. The maximum atomic E-state index is 6.44. The molecule has 0 N–H and O–H groups in total. The predicted molar refractivity (Wildman–Crippen MR) is 265 cm³/mol. The van der Waals surface area contributed by atoms with Gasteiger partial charge in [0.1, 0.15) is 11.2 Å². The first kappa shape index (κ1) is 37.6. The summed E-state index contributed by atoms with van der Waals surface area (Å²) in [6, 6.07) is 90.7. The van der Waals surface area contributed by atoms with E-state index in [2.05, 4.69) is 252 Å². The normalized spacial score (nSPS) is 11.2. The van der Waals surface area contributed by atoms with Gasteiger partial charge in [-0.3, -0.25) is 0 Å². The Kier molecular flexibility index (Phi) is 9.89. The molecule has 0 bridgehead atoms. The van der Waals surface area contributed by atoms with Crippen molar-refractivity contribution in [3.8, 4) is 44.5 Å². The van der Waals surface area contributed by atoms with Gasteiger partial charge in [0, 0.05) is 50.8 Å². The van der Waals surface area contributed by atoms with Gasteiger partial charge in [-0.25, -0.2) is 0 Å². The fourth-order valence-corrected chi connectivity index (χ4v) is 8.75. The minimum absolute atomic E-state index is 0.855. The number of nitrogens with zero attached hydrogens (tertiary/aromatic N) is 2. The lowest BCUT2D eigenvalue weighted by atomic mass is 9.99. The van der Waals surface area contributed by atoms with Gasteiger partial charge in [0.2, 0.25) is 0 Å². The molecule has 0 unspecified atom stereocenters. The van der Waals surface area contributed by atoms with E-state index in [1.807, 2.05) is 12.1 Å². The molecule has 0 aliphatic rings. The van der Waals surface area contributed by atoms with Gasteiger partial charge in [0.25, 0.3) is 0 Å². The molecule has 3 heteroatoms. The van der Waals surface area contributed by atoms with Gasteiger partial charge in [-0.1, -0.05) is 176 Å². The monoisotopic (exact) mass is 806 g/mol. The molecule has 11 aromatic rings. The quantitative estimate of drug-likeness (QED) is 0.137. The van der Waals surface area contributed by atoms with E-state index in [4.69, 9.17) is 4.42 Å². The number of benzene rings is 10. The first-order valence-corrected chi connectivity index (χ1v) is 21.4. The van der Waals surface area contributed by atoms with E-state index in [0.717, 1.165) is 67.2 Å². The van der Waals surface area contributed by atoms with Crippen LogP contribution in [0.3, 0.4) is 0 Å². The van der Waals surface area contributed by atoms with Crippen molar-refractivity contribution in [2.75, 3.05) is 9.80 Å². The molecular weight excluding hydrogens is 765 g/mol. The maximum absolute atomic E-state index is 6.44. The lowest BCUT2D eigenvalue weighted by molar-refractivity contribution is 0.669. The largest absolute Gasteiger partial charge is 0.456 e. The van der Waals surface area contributed by atoms with Crippen LogP contribution >= 0.6 is 0 Å². The summed E-state index contributed by atoms with van der Waals surface area (Å²) in [4.78, 5) is 4.71. The molecule has 0 amide bonds. The predicted octanol–water partition coefficient (Wildman–Crippen LogP) is 17.2. The Balaban J connectivity index is 1.03. The van der Waals surface area contributed by atoms with Gasteiger partial charge in [-0.15, -0.1) is 0 Å². The second kappa shape index (κ2) is 16.6. The molecule has 298 valence electrons. The number of hydrogen-bond donors (Lipinski definition) is 0. The van der Waals surface area contributed by atoms with Crippen LogP contribution in [-0.2, 0) is 0 Å². The van der Waals surface area contributed by atoms with Gasteiger partial charge >= 0.3 is 0 Å². The minimum atomic E-state index is 0.855. The fraction of sp³-hybridized carbons (Fsp3) is 0. The number of fused-ring (bicyclic) bond motifs is 3. The molecule has 0 aliphatic carbocycles. The number of para-hydroxylation sites is 2. The van der Waals surface area contributed by atoms with Crippen LogP contribution in [-0.4, -0.2) is 0 Å². The number of furan rings is 1. The number of rotatable bonds is 10. The summed E-state index contributed by atoms with van der Waals surface area (Å²) in [5, 5.41) is 2.22. The van der Waals surface area contributed by atoms with Crippen molar-refractivity contribution in [1.29, 1.82) is 0 Å². The van der Waals surface area contributed by atoms with Crippen molar-refractivity contribution in [2.24, 2.45) is 0 Å². The van der Waals surface area contributed by atoms with Crippen molar-refractivity contribution in [3.63, 3.8) is 0 Å². The second-order valence-electron chi connectivity index (χ2n) is 15.8. The van der Waals surface area contributed by atoms with E-state index >= 15 is 0 Å². The summed E-state index contributed by atoms with van der Waals surface area (Å²) in [5.74, 6) is 0. The van der Waals surface area contributed by atoms with Crippen LogP contribution in [0.2, 0.25) is 0 Å². The molecule has 0 radical (unpaired) electrons. The van der Waals surface area contributed by atoms with E-state index in [9.17, 15) is 0 Å². The standard InChI is InChI=1S/C60H42N2O/c1-4-15-43(16-5-1)46-27-33-50(34-28-46)61(54-39-40-57-56-24-11-13-26-59(56)63-60(57)42-54)53-22-14-21-49(41-53)55-23-10-12-25-58(55)62(51-35-29-47(30-36-51)44-17-6-2-7-18-44)52-37-31-48(32-38-52)45-19-8-3-9-20-45/h1-42H. The van der Waals surface area contributed by atoms with Crippen LogP contribution in [0.1, 0.15) is 0 Å². The van der Waals surface area contributed by atoms with Crippen molar-refractivity contribution >= 4 is 56.1 Å². The first-order chi connectivity index (χ1) is 31.2. The molecule has 0 spiro atoms. The van der Waals surface area contributed by atoms with E-state index < -0.39 is 0 Å². The van der Waals surface area contributed by atoms with Crippen LogP contribution in [0.15, 0.2) is 259 Å². The van der Waals surface area contributed by atoms with E-state index in [1.54, 1.807) is 0 Å². The third-order valence-electron chi connectivity index (χ3n) is 11.9. The molecule has 0 saturated heterocycles. The highest BCUT2D eigenvalue weighted by Crippen LogP contribution is 2.45. The van der Waals surface area contributed by atoms with Crippen LogP contribution < -0.4 is 9.80 Å². The van der Waals surface area contributed by atoms with Crippen LogP contribution in [0.25, 0.3) is 66.4 Å². The molecule has 0 aliphatic heterocycles. The average molecular weight is 807 g/mol. The summed E-state index contributed by atoms with van der Waals surface area (Å²) >= 11 is 0.